The predicted octanol–water partition coefficient (Wildman–Crippen LogP) is 3.02. The van der Waals surface area contributed by atoms with E-state index in [2.05, 4.69) is 19.9 Å². The average Bonchev–Trinajstić information content (AvgIpc) is 2.15. The molecule has 68 valence electrons. The molecule has 0 N–H and O–H groups in total. The molecule has 0 aliphatic heterocycles. The van der Waals surface area contributed by atoms with Gasteiger partial charge in [0.1, 0.15) is 6.29 Å². The molecule has 1 aromatic rings. The van der Waals surface area contributed by atoms with Crippen molar-refractivity contribution in [2.24, 2.45) is 0 Å². The molecule has 1 rings (SSSR count). The molecule has 1 aromatic carbocycles. The molecule has 0 heterocycles. The zero-order valence-electron chi connectivity index (χ0n) is 8.03. The van der Waals surface area contributed by atoms with Crippen LogP contribution in [0.2, 0.25) is 0 Å². The van der Waals surface area contributed by atoms with E-state index in [4.69, 9.17) is 0 Å². The van der Waals surface area contributed by atoms with E-state index in [1.54, 1.807) is 0 Å². The number of hydrogen-bond donors (Lipinski definition) is 0. The molecular formula is C12H14O. The minimum absolute atomic E-state index is 0.493. The first-order valence-electron chi connectivity index (χ1n) is 4.46. The Kier molecular flexibility index (Phi) is 3.44. The topological polar surface area (TPSA) is 17.1 Å². The van der Waals surface area contributed by atoms with Gasteiger partial charge < -0.3 is 0 Å². The number of aldehydes is 1. The van der Waals surface area contributed by atoms with Crippen molar-refractivity contribution in [1.29, 1.82) is 0 Å². The summed E-state index contributed by atoms with van der Waals surface area (Å²) < 4.78 is 0. The van der Waals surface area contributed by atoms with Crippen LogP contribution in [0.1, 0.15) is 30.9 Å². The quantitative estimate of drug-likeness (QED) is 0.508. The number of allylic oxidation sites excluding steroid dienone is 1. The summed E-state index contributed by atoms with van der Waals surface area (Å²) in [6.07, 6.45) is 4.18. The molecule has 1 nitrogen and oxygen atoms in total. The van der Waals surface area contributed by atoms with Gasteiger partial charge in [0.15, 0.2) is 0 Å². The van der Waals surface area contributed by atoms with Gasteiger partial charge in [0.25, 0.3) is 0 Å². The minimum Gasteiger partial charge on any atom is -0.299 e. The van der Waals surface area contributed by atoms with Crippen LogP contribution in [0.15, 0.2) is 30.3 Å². The van der Waals surface area contributed by atoms with Gasteiger partial charge >= 0.3 is 0 Å². The largest absolute Gasteiger partial charge is 0.299 e. The maximum absolute atomic E-state index is 10.2. The number of carbonyl (C=O) groups is 1. The van der Waals surface area contributed by atoms with Crippen LogP contribution in [0, 0.1) is 0 Å². The highest BCUT2D eigenvalue weighted by molar-refractivity contribution is 5.74. The van der Waals surface area contributed by atoms with Gasteiger partial charge in [-0.15, -0.1) is 0 Å². The number of hydrogen-bond acceptors (Lipinski definition) is 1. The lowest BCUT2D eigenvalue weighted by Crippen LogP contribution is -1.90. The lowest BCUT2D eigenvalue weighted by molar-refractivity contribution is -0.104. The first kappa shape index (κ1) is 9.72. The SMILES string of the molecule is CC(C)c1ccccc1C=CC=O. The van der Waals surface area contributed by atoms with E-state index < -0.39 is 0 Å². The smallest absolute Gasteiger partial charge is 0.142 e. The normalized spacial score (nSPS) is 11.0. The lowest BCUT2D eigenvalue weighted by atomic mass is 9.97. The van der Waals surface area contributed by atoms with Crippen LogP contribution < -0.4 is 0 Å². The Morgan fingerprint density at radius 1 is 1.23 bits per heavy atom. The van der Waals surface area contributed by atoms with Gasteiger partial charge in [0.2, 0.25) is 0 Å². The molecule has 0 aliphatic carbocycles. The Labute approximate surface area is 79.1 Å². The van der Waals surface area contributed by atoms with Crippen LogP contribution >= 0.6 is 0 Å². The molecule has 0 aliphatic rings. The van der Waals surface area contributed by atoms with Gasteiger partial charge in [-0.3, -0.25) is 4.79 Å². The van der Waals surface area contributed by atoms with Gasteiger partial charge in [-0.25, -0.2) is 0 Å². The number of carbonyl (C=O) groups excluding carboxylic acids is 1. The molecule has 0 saturated carbocycles. The van der Waals surface area contributed by atoms with Crippen LogP contribution in [0.4, 0.5) is 0 Å². The maximum atomic E-state index is 10.2. The molecule has 13 heavy (non-hydrogen) atoms. The van der Waals surface area contributed by atoms with E-state index in [0.29, 0.717) is 5.92 Å². The Morgan fingerprint density at radius 3 is 2.54 bits per heavy atom. The standard InChI is InChI=1S/C12H14O/c1-10(2)12-8-4-3-6-11(12)7-5-9-13/h3-10H,1-2H3. The molecule has 0 amide bonds. The fourth-order valence-electron chi connectivity index (χ4n) is 1.33. The fourth-order valence-corrected chi connectivity index (χ4v) is 1.33. The fraction of sp³-hybridized carbons (Fsp3) is 0.250. The molecule has 0 saturated heterocycles. The molecule has 1 heteroatoms. The van der Waals surface area contributed by atoms with E-state index >= 15 is 0 Å². The summed E-state index contributed by atoms with van der Waals surface area (Å²) in [4.78, 5) is 10.2. The molecule has 0 fully saturated rings. The second kappa shape index (κ2) is 4.61. The Hall–Kier alpha value is -1.37. The minimum atomic E-state index is 0.493. The predicted molar refractivity (Wildman–Crippen MR) is 55.6 cm³/mol. The van der Waals surface area contributed by atoms with E-state index in [1.165, 1.54) is 11.6 Å². The Balaban J connectivity index is 3.04. The van der Waals surface area contributed by atoms with E-state index in [9.17, 15) is 4.79 Å². The summed E-state index contributed by atoms with van der Waals surface area (Å²) in [5.74, 6) is 0.493. The molecule has 0 aromatic heterocycles. The molecule has 0 atom stereocenters. The van der Waals surface area contributed by atoms with Gasteiger partial charge in [-0.05, 0) is 23.1 Å². The van der Waals surface area contributed by atoms with Crippen molar-refractivity contribution in [2.45, 2.75) is 19.8 Å². The van der Waals surface area contributed by atoms with E-state index in [0.717, 1.165) is 11.8 Å². The van der Waals surface area contributed by atoms with Crippen molar-refractivity contribution in [3.05, 3.63) is 41.5 Å². The Morgan fingerprint density at radius 2 is 1.92 bits per heavy atom. The van der Waals surface area contributed by atoms with Gasteiger partial charge in [-0.1, -0.05) is 44.2 Å². The van der Waals surface area contributed by atoms with Crippen molar-refractivity contribution < 1.29 is 4.79 Å². The summed E-state index contributed by atoms with van der Waals surface area (Å²) in [6, 6.07) is 8.12. The van der Waals surface area contributed by atoms with Crippen LogP contribution in [0.3, 0.4) is 0 Å². The van der Waals surface area contributed by atoms with Crippen LogP contribution in [0.5, 0.6) is 0 Å². The first-order chi connectivity index (χ1) is 6.25. The third kappa shape index (κ3) is 2.55. The van der Waals surface area contributed by atoms with Crippen LogP contribution in [0.25, 0.3) is 6.08 Å². The summed E-state index contributed by atoms with van der Waals surface area (Å²) >= 11 is 0. The van der Waals surface area contributed by atoms with Gasteiger partial charge in [-0.2, -0.15) is 0 Å². The van der Waals surface area contributed by atoms with Gasteiger partial charge in [0.05, 0.1) is 0 Å². The second-order valence-corrected chi connectivity index (χ2v) is 3.28. The highest BCUT2D eigenvalue weighted by atomic mass is 16.1. The lowest BCUT2D eigenvalue weighted by Gasteiger charge is -2.08. The highest BCUT2D eigenvalue weighted by Gasteiger charge is 2.01. The van der Waals surface area contributed by atoms with Crippen molar-refractivity contribution in [1.82, 2.24) is 0 Å². The summed E-state index contributed by atoms with van der Waals surface area (Å²) in [5, 5.41) is 0. The van der Waals surface area contributed by atoms with Gasteiger partial charge in [0, 0.05) is 0 Å². The molecule has 0 unspecified atom stereocenters. The first-order valence-corrected chi connectivity index (χ1v) is 4.46. The number of rotatable bonds is 3. The monoisotopic (exact) mass is 174 g/mol. The average molecular weight is 174 g/mol. The van der Waals surface area contributed by atoms with Crippen molar-refractivity contribution >= 4 is 12.4 Å². The highest BCUT2D eigenvalue weighted by Crippen LogP contribution is 2.19. The van der Waals surface area contributed by atoms with Crippen molar-refractivity contribution in [2.75, 3.05) is 0 Å². The van der Waals surface area contributed by atoms with Crippen LogP contribution in [-0.2, 0) is 4.79 Å². The van der Waals surface area contributed by atoms with E-state index in [-0.39, 0.29) is 0 Å². The Bertz CT molecular complexity index is 311. The summed E-state index contributed by atoms with van der Waals surface area (Å²) in [5.41, 5.74) is 2.41. The molecular weight excluding hydrogens is 160 g/mol. The van der Waals surface area contributed by atoms with Crippen molar-refractivity contribution in [3.63, 3.8) is 0 Å². The van der Waals surface area contributed by atoms with E-state index in [1.807, 2.05) is 24.3 Å². The zero-order valence-corrected chi connectivity index (χ0v) is 8.03. The summed E-state index contributed by atoms with van der Waals surface area (Å²) in [6.45, 7) is 4.29. The third-order valence-electron chi connectivity index (χ3n) is 1.97. The molecule has 0 spiro atoms. The summed E-state index contributed by atoms with van der Waals surface area (Å²) in [7, 11) is 0. The number of benzene rings is 1. The van der Waals surface area contributed by atoms with Crippen molar-refractivity contribution in [3.8, 4) is 0 Å². The maximum Gasteiger partial charge on any atom is 0.142 e. The third-order valence-corrected chi connectivity index (χ3v) is 1.97. The molecule has 0 radical (unpaired) electrons. The second-order valence-electron chi connectivity index (χ2n) is 3.28. The zero-order chi connectivity index (χ0) is 9.68. The molecule has 0 bridgehead atoms. The van der Waals surface area contributed by atoms with Crippen LogP contribution in [-0.4, -0.2) is 6.29 Å².